The van der Waals surface area contributed by atoms with Gasteiger partial charge < -0.3 is 87.5 Å². The molecule has 14 rings (SSSR count). The van der Waals surface area contributed by atoms with Gasteiger partial charge in [-0.3, -0.25) is 19.4 Å². The average Bonchev–Trinajstić information content (AvgIpc) is 1.45. The molecule has 10 aliphatic carbocycles. The van der Waals surface area contributed by atoms with Crippen LogP contribution in [0.1, 0.15) is 73.1 Å². The lowest BCUT2D eigenvalue weighted by Gasteiger charge is -2.70. The Balaban J connectivity index is 0.889. The summed E-state index contributed by atoms with van der Waals surface area (Å²) in [6.45, 7) is 5.63. The summed E-state index contributed by atoms with van der Waals surface area (Å²) in [6.07, 6.45) is -16.2. The smallest absolute Gasteiger partial charge is 0.338 e. The normalized spacial score (nSPS) is 50.1. The lowest BCUT2D eigenvalue weighted by atomic mass is 9.42. The Hall–Kier alpha value is -4.32. The Morgan fingerprint density at radius 2 is 0.870 bits per heavy atom. The van der Waals surface area contributed by atoms with Crippen LogP contribution in [0.15, 0.2) is 60.7 Å². The first-order valence-electron chi connectivity index (χ1n) is 32.9. The second kappa shape index (κ2) is 22.6. The summed E-state index contributed by atoms with van der Waals surface area (Å²) in [6, 6.07) is 15.3. The predicted molar refractivity (Wildman–Crippen MR) is 319 cm³/mol. The van der Waals surface area contributed by atoms with Crippen molar-refractivity contribution in [3.8, 4) is 0 Å². The molecule has 2 heterocycles. The Morgan fingerprint density at radius 3 is 1.18 bits per heavy atom. The summed E-state index contributed by atoms with van der Waals surface area (Å²) in [5, 5.41) is 79.4. The van der Waals surface area contributed by atoms with Gasteiger partial charge in [-0.25, -0.2) is 9.59 Å². The van der Waals surface area contributed by atoms with Crippen molar-refractivity contribution in [2.75, 3.05) is 96.3 Å². The second-order valence-corrected chi connectivity index (χ2v) is 29.1. The highest BCUT2D eigenvalue weighted by Crippen LogP contribution is 2.83. The molecule has 24 nitrogen and oxygen atoms in total. The first-order valence-corrected chi connectivity index (χ1v) is 32.9. The number of nitrogens with zero attached hydrogens (tertiary/aromatic N) is 2. The standard InChI is InChI=1S/C68H92N2O22/c1-11-69-29-61(31-81-3)37(71)25-39(83-5)65-35-27-63(79)55(89-59(77)33-19-15-13-16-20-33)43(35)67(53(75)57(63)87-9,45(51(65)69)47(85-7)49(61)65)91-41(73)23-24-42(74)92-68-44-36(28-64(80,58(88-10)54(68)76)56(44)90-60(78)34-21-17-14-18-22-34)66-40(84-6)26-38(72)62(32-82-4)30-70(12-2)52(66)46(68)48(86-8)50(62)66/h13-22,35-40,43-58,71-72,75-76,79-80H,11-12,23-32H2,1-10H3/t35-,36-,37-,38-,39+,40+,43-,44-,45+,46+,47+,48+,49-,50-,51?,52?,53+,54+,55-,56-,57+,58+,61+,62+,63-,64-,65+,66+,67-,68-/m1/s1. The van der Waals surface area contributed by atoms with E-state index < -0.39 is 213 Å². The number of hydrogen-bond acceptors (Lipinski definition) is 24. The Kier molecular flexibility index (Phi) is 16.0. The van der Waals surface area contributed by atoms with E-state index >= 15 is 9.59 Å². The highest BCUT2D eigenvalue weighted by Gasteiger charge is 2.95. The number of aliphatic hydroxyl groups is 6. The summed E-state index contributed by atoms with van der Waals surface area (Å²) in [5.74, 6) is -10.7. The molecule has 2 saturated heterocycles. The van der Waals surface area contributed by atoms with Crippen LogP contribution in [0.2, 0.25) is 0 Å². The third-order valence-electron chi connectivity index (χ3n) is 26.8. The van der Waals surface area contributed by atoms with Crippen molar-refractivity contribution in [2.45, 2.75) is 160 Å². The van der Waals surface area contributed by atoms with Crippen molar-refractivity contribution in [1.29, 1.82) is 0 Å². The molecule has 0 amide bonds. The molecule has 12 fully saturated rings. The highest BCUT2D eigenvalue weighted by molar-refractivity contribution is 5.90. The molecule has 30 atom stereocenters. The highest BCUT2D eigenvalue weighted by atomic mass is 16.6. The molecular formula is C68H92N2O22. The van der Waals surface area contributed by atoms with Crippen molar-refractivity contribution >= 4 is 23.9 Å². The first kappa shape index (κ1) is 65.0. The van der Waals surface area contributed by atoms with E-state index in [4.69, 9.17) is 56.8 Å². The van der Waals surface area contributed by atoms with Crippen LogP contribution in [0.5, 0.6) is 0 Å². The third-order valence-corrected chi connectivity index (χ3v) is 26.8. The first-order chi connectivity index (χ1) is 44.1. The van der Waals surface area contributed by atoms with Gasteiger partial charge in [0.2, 0.25) is 0 Å². The van der Waals surface area contributed by atoms with Crippen LogP contribution in [0.3, 0.4) is 0 Å². The molecule has 92 heavy (non-hydrogen) atoms. The predicted octanol–water partition coefficient (Wildman–Crippen LogP) is 1.05. The minimum Gasteiger partial charge on any atom is -0.455 e. The number of benzene rings is 2. The van der Waals surface area contributed by atoms with Gasteiger partial charge in [0.05, 0.1) is 73.8 Å². The van der Waals surface area contributed by atoms with Gasteiger partial charge in [0.15, 0.2) is 11.2 Å². The second-order valence-electron chi connectivity index (χ2n) is 29.1. The lowest BCUT2D eigenvalue weighted by molar-refractivity contribution is -0.324. The van der Waals surface area contributed by atoms with Crippen molar-refractivity contribution in [2.24, 2.45) is 69.0 Å². The SMILES string of the molecule is CCN1C[C@]2(COC)[C@H](O)C[C@H](OC)[C@]34C1[C@H]([C@H](OC)[C@H]23)[C@]1(OC(=O)CCC(=O)O[C@]23[C@H]5[C@@H](OC(=O)c6ccccc6)[C@](O)(C[C@H]5[C@@]56C7[C@@H]2[C@H](OC)[C@@H]5[C@](COC)(CN7CC)[C@H](O)C[C@@H]6OC)[C@@H](OC)[C@@H]3O)[C@H]2[C@@H](OC(=O)c3ccccc3)[C@](O)(C[C@H]24)[C@@H](OC)[C@@H]1O. The number of rotatable bonds is 21. The molecule has 12 aliphatic rings. The lowest BCUT2D eigenvalue weighted by Crippen LogP contribution is -2.81. The van der Waals surface area contributed by atoms with Crippen LogP contribution in [0.4, 0.5) is 0 Å². The topological polar surface area (TPSA) is 307 Å². The number of carbonyl (C=O) groups is 4. The van der Waals surface area contributed by atoms with Crippen molar-refractivity contribution in [3.63, 3.8) is 0 Å². The Bertz CT molecular complexity index is 2970. The average molecular weight is 1290 g/mol. The fraction of sp³-hybridized carbons (Fsp3) is 0.765. The van der Waals surface area contributed by atoms with Crippen molar-refractivity contribution < 1.29 is 107 Å². The molecule has 2 aromatic rings. The minimum absolute atomic E-state index is 0.0885. The zero-order valence-electron chi connectivity index (χ0n) is 54.1. The van der Waals surface area contributed by atoms with Crippen molar-refractivity contribution in [3.05, 3.63) is 71.8 Å². The summed E-state index contributed by atoms with van der Waals surface area (Å²) in [4.78, 5) is 65.3. The van der Waals surface area contributed by atoms with E-state index in [0.29, 0.717) is 26.2 Å². The van der Waals surface area contributed by atoms with Crippen molar-refractivity contribution in [1.82, 2.24) is 9.80 Å². The van der Waals surface area contributed by atoms with E-state index in [9.17, 15) is 40.2 Å². The molecule has 6 N–H and O–H groups in total. The third kappa shape index (κ3) is 7.69. The number of ether oxygens (including phenoxy) is 12. The monoisotopic (exact) mass is 1290 g/mol. The van der Waals surface area contributed by atoms with E-state index in [1.807, 2.05) is 13.8 Å². The van der Waals surface area contributed by atoms with Crippen LogP contribution >= 0.6 is 0 Å². The van der Waals surface area contributed by atoms with Gasteiger partial charge in [-0.15, -0.1) is 0 Å². The van der Waals surface area contributed by atoms with Gasteiger partial charge in [-0.05, 0) is 62.0 Å². The minimum atomic E-state index is -2.13. The summed E-state index contributed by atoms with van der Waals surface area (Å²) >= 11 is 0. The Morgan fingerprint density at radius 1 is 0.500 bits per heavy atom. The molecule has 2 spiro atoms. The van der Waals surface area contributed by atoms with Gasteiger partial charge in [0.25, 0.3) is 0 Å². The van der Waals surface area contributed by atoms with Gasteiger partial charge in [0, 0.05) is 152 Å². The number of piperidine rings is 2. The van der Waals surface area contributed by atoms with E-state index in [2.05, 4.69) is 9.80 Å². The van der Waals surface area contributed by atoms with Gasteiger partial charge in [-0.1, -0.05) is 50.2 Å². The zero-order chi connectivity index (χ0) is 65.4. The van der Waals surface area contributed by atoms with Gasteiger partial charge in [0.1, 0.15) is 47.8 Å². The molecular weight excluding hydrogens is 1200 g/mol. The zero-order valence-corrected chi connectivity index (χ0v) is 54.1. The summed E-state index contributed by atoms with van der Waals surface area (Å²) < 4.78 is 78.7. The van der Waals surface area contributed by atoms with E-state index in [0.717, 1.165) is 0 Å². The molecule has 24 heteroatoms. The van der Waals surface area contributed by atoms with E-state index in [1.54, 1.807) is 103 Å². The molecule has 2 aliphatic heterocycles. The number of methoxy groups -OCH3 is 8. The van der Waals surface area contributed by atoms with Gasteiger partial charge in [-0.2, -0.15) is 0 Å². The molecule has 0 radical (unpaired) electrons. The number of esters is 4. The number of aliphatic hydroxyl groups excluding tert-OH is 4. The molecule has 10 saturated carbocycles. The maximum Gasteiger partial charge on any atom is 0.338 e. The molecule has 2 unspecified atom stereocenters. The number of fused-ring (bicyclic) bond motifs is 4. The van der Waals surface area contributed by atoms with Crippen LogP contribution in [-0.2, 0) is 66.4 Å². The quantitative estimate of drug-likeness (QED) is 0.0752. The van der Waals surface area contributed by atoms with Crippen LogP contribution in [0, 0.1) is 69.0 Å². The van der Waals surface area contributed by atoms with Crippen LogP contribution in [-0.4, -0.2) is 268 Å². The van der Waals surface area contributed by atoms with Crippen LogP contribution < -0.4 is 0 Å². The molecule has 0 aromatic heterocycles. The number of carbonyl (C=O) groups excluding carboxylic acids is 4. The summed E-state index contributed by atoms with van der Waals surface area (Å²) in [7, 11) is 12.1. The molecule has 506 valence electrons. The molecule has 14 bridgehead atoms. The number of likely N-dealkylation sites (tertiary alicyclic amines) is 2. The van der Waals surface area contributed by atoms with Gasteiger partial charge >= 0.3 is 23.9 Å². The van der Waals surface area contributed by atoms with Crippen LogP contribution in [0.25, 0.3) is 0 Å². The maximum absolute atomic E-state index is 15.8. The maximum atomic E-state index is 15.8. The fourth-order valence-corrected chi connectivity index (χ4v) is 24.8. The van der Waals surface area contributed by atoms with E-state index in [1.165, 1.54) is 14.2 Å². The summed E-state index contributed by atoms with van der Waals surface area (Å²) in [5.41, 5.74) is -12.2. The fourth-order valence-electron chi connectivity index (χ4n) is 24.8. The Labute approximate surface area is 535 Å². The largest absolute Gasteiger partial charge is 0.455 e. The van der Waals surface area contributed by atoms with E-state index in [-0.39, 0.29) is 50.0 Å². The number of hydrogen-bond donors (Lipinski definition) is 6. The molecule has 2 aromatic carbocycles.